The summed E-state index contributed by atoms with van der Waals surface area (Å²) in [6, 6.07) is 3.31. The number of pyridine rings is 1. The van der Waals surface area contributed by atoms with Gasteiger partial charge in [0.05, 0.1) is 29.7 Å². The number of carboxylic acid groups (broad SMARTS) is 1. The zero-order valence-corrected chi connectivity index (χ0v) is 15.0. The van der Waals surface area contributed by atoms with Crippen molar-refractivity contribution in [1.82, 2.24) is 14.3 Å². The number of carbonyl (C=O) groups is 2. The van der Waals surface area contributed by atoms with Crippen LogP contribution in [0.4, 0.5) is 15.5 Å². The van der Waals surface area contributed by atoms with Crippen molar-refractivity contribution in [3.8, 4) is 5.88 Å². The molecule has 0 aliphatic carbocycles. The van der Waals surface area contributed by atoms with E-state index in [0.29, 0.717) is 40.9 Å². The minimum atomic E-state index is -0.943. The molecule has 0 saturated carbocycles. The Morgan fingerprint density at radius 1 is 1.46 bits per heavy atom. The number of hydrogen-bond donors (Lipinski definition) is 3. The summed E-state index contributed by atoms with van der Waals surface area (Å²) >= 11 is 1.08. The average molecular weight is 377 g/mol. The fourth-order valence-electron chi connectivity index (χ4n) is 2.76. The summed E-state index contributed by atoms with van der Waals surface area (Å²) in [5.41, 5.74) is 7.22. The fourth-order valence-corrected chi connectivity index (χ4v) is 3.42. The van der Waals surface area contributed by atoms with Gasteiger partial charge in [0.25, 0.3) is 5.91 Å². The molecule has 0 bridgehead atoms. The largest absolute Gasteiger partial charge is 0.472 e. The van der Waals surface area contributed by atoms with Crippen molar-refractivity contribution in [1.29, 1.82) is 0 Å². The van der Waals surface area contributed by atoms with Gasteiger partial charge in [-0.2, -0.15) is 4.37 Å². The molecule has 1 fully saturated rings. The second-order valence-electron chi connectivity index (χ2n) is 5.96. The Bertz CT molecular complexity index is 788. The highest BCUT2D eigenvalue weighted by Gasteiger charge is 2.24. The number of nitrogen functional groups attached to an aromatic ring is 1. The number of nitrogens with two attached hydrogens (primary N) is 1. The number of ether oxygens (including phenoxy) is 1. The maximum absolute atomic E-state index is 12.3. The van der Waals surface area contributed by atoms with E-state index < -0.39 is 6.09 Å². The van der Waals surface area contributed by atoms with E-state index in [9.17, 15) is 9.59 Å². The molecule has 0 aromatic carbocycles. The number of hydrogen-bond acceptors (Lipinski definition) is 7. The number of nitrogens with one attached hydrogen (secondary N) is 1. The van der Waals surface area contributed by atoms with E-state index in [-0.39, 0.29) is 12.0 Å². The Morgan fingerprint density at radius 2 is 2.27 bits per heavy atom. The van der Waals surface area contributed by atoms with Crippen LogP contribution in [0.25, 0.3) is 0 Å². The lowest BCUT2D eigenvalue weighted by atomic mass is 10.1. The van der Waals surface area contributed by atoms with Gasteiger partial charge >= 0.3 is 6.09 Å². The summed E-state index contributed by atoms with van der Waals surface area (Å²) in [7, 11) is 0. The van der Waals surface area contributed by atoms with Crippen LogP contribution in [0.2, 0.25) is 0 Å². The van der Waals surface area contributed by atoms with Crippen LogP contribution in [-0.4, -0.2) is 50.6 Å². The summed E-state index contributed by atoms with van der Waals surface area (Å²) in [6.45, 7) is 2.56. The molecule has 26 heavy (non-hydrogen) atoms. The van der Waals surface area contributed by atoms with Crippen LogP contribution < -0.4 is 15.8 Å². The quantitative estimate of drug-likeness (QED) is 0.744. The molecule has 2 amide bonds. The van der Waals surface area contributed by atoms with Gasteiger partial charge in [-0.05, 0) is 37.4 Å². The number of carbonyl (C=O) groups excluding carboxylic acids is 1. The molecule has 1 aliphatic rings. The first kappa shape index (κ1) is 17.9. The van der Waals surface area contributed by atoms with Crippen LogP contribution >= 0.6 is 11.5 Å². The predicted octanol–water partition coefficient (Wildman–Crippen LogP) is 2.20. The number of anilines is 2. The normalized spacial score (nSPS) is 17.0. The van der Waals surface area contributed by atoms with Crippen molar-refractivity contribution < 1.29 is 19.4 Å². The van der Waals surface area contributed by atoms with Gasteiger partial charge in [0.15, 0.2) is 0 Å². The Balaban J connectivity index is 1.60. The van der Waals surface area contributed by atoms with Gasteiger partial charge < -0.3 is 25.8 Å². The fraction of sp³-hybridized carbons (Fsp3) is 0.375. The van der Waals surface area contributed by atoms with Crippen LogP contribution in [0.1, 0.15) is 28.9 Å². The first-order chi connectivity index (χ1) is 12.4. The average Bonchev–Trinajstić information content (AvgIpc) is 2.95. The van der Waals surface area contributed by atoms with E-state index in [0.717, 1.165) is 24.4 Å². The third-order valence-electron chi connectivity index (χ3n) is 4.05. The topological polar surface area (TPSA) is 131 Å². The molecule has 3 heterocycles. The van der Waals surface area contributed by atoms with E-state index >= 15 is 0 Å². The monoisotopic (exact) mass is 377 g/mol. The van der Waals surface area contributed by atoms with Crippen LogP contribution in [0, 0.1) is 6.92 Å². The van der Waals surface area contributed by atoms with Gasteiger partial charge in [0.1, 0.15) is 11.1 Å². The highest BCUT2D eigenvalue weighted by atomic mass is 32.1. The first-order valence-electron chi connectivity index (χ1n) is 8.07. The molecule has 1 saturated heterocycles. The Labute approximate surface area is 154 Å². The molecule has 3 rings (SSSR count). The molecule has 1 unspecified atom stereocenters. The molecule has 2 aromatic heterocycles. The third kappa shape index (κ3) is 4.02. The summed E-state index contributed by atoms with van der Waals surface area (Å²) in [5.74, 6) is 0.0433. The van der Waals surface area contributed by atoms with E-state index in [1.54, 1.807) is 19.1 Å². The van der Waals surface area contributed by atoms with Gasteiger partial charge in [-0.1, -0.05) is 0 Å². The van der Waals surface area contributed by atoms with Crippen LogP contribution in [0.15, 0.2) is 18.3 Å². The molecule has 9 nitrogen and oxygen atoms in total. The predicted molar refractivity (Wildman–Crippen MR) is 96.7 cm³/mol. The van der Waals surface area contributed by atoms with Crippen molar-refractivity contribution in [2.24, 2.45) is 0 Å². The second kappa shape index (κ2) is 7.56. The van der Waals surface area contributed by atoms with Gasteiger partial charge in [-0.3, -0.25) is 4.79 Å². The van der Waals surface area contributed by atoms with E-state index in [1.165, 1.54) is 11.1 Å². The van der Waals surface area contributed by atoms with Crippen molar-refractivity contribution in [3.63, 3.8) is 0 Å². The smallest absolute Gasteiger partial charge is 0.407 e. The molecule has 1 atom stereocenters. The molecule has 2 aromatic rings. The molecule has 0 radical (unpaired) electrons. The van der Waals surface area contributed by atoms with Crippen LogP contribution in [0.5, 0.6) is 5.88 Å². The standard InChI is InChI=1S/C16H19N5O4S/c1-9-13(14(17)26-20-9)15(22)19-10-4-5-12(18-7-10)25-11-3-2-6-21(8-11)16(23)24/h4-5,7,11H,2-3,6,8,17H2,1H3,(H,19,22)(H,23,24). The highest BCUT2D eigenvalue weighted by Crippen LogP contribution is 2.23. The van der Waals surface area contributed by atoms with Crippen LogP contribution in [0.3, 0.4) is 0 Å². The van der Waals surface area contributed by atoms with Crippen molar-refractivity contribution in [2.75, 3.05) is 24.1 Å². The molecule has 10 heteroatoms. The molecule has 0 spiro atoms. The molecule has 4 N–H and O–H groups in total. The van der Waals surface area contributed by atoms with Crippen molar-refractivity contribution in [3.05, 3.63) is 29.6 Å². The molecule has 1 aliphatic heterocycles. The summed E-state index contributed by atoms with van der Waals surface area (Å²) in [4.78, 5) is 28.8. The van der Waals surface area contributed by atoms with E-state index in [4.69, 9.17) is 15.6 Å². The van der Waals surface area contributed by atoms with Gasteiger partial charge in [-0.25, -0.2) is 9.78 Å². The minimum Gasteiger partial charge on any atom is -0.472 e. The number of aryl methyl sites for hydroxylation is 1. The first-order valence-corrected chi connectivity index (χ1v) is 8.85. The van der Waals surface area contributed by atoms with E-state index in [1.807, 2.05) is 0 Å². The number of aromatic nitrogens is 2. The number of piperidine rings is 1. The number of amides is 2. The SMILES string of the molecule is Cc1nsc(N)c1C(=O)Nc1ccc(OC2CCCN(C(=O)O)C2)nc1. The minimum absolute atomic E-state index is 0.230. The zero-order chi connectivity index (χ0) is 18.7. The number of rotatable bonds is 4. The Hall–Kier alpha value is -2.88. The van der Waals surface area contributed by atoms with Gasteiger partial charge in [0.2, 0.25) is 5.88 Å². The zero-order valence-electron chi connectivity index (χ0n) is 14.1. The highest BCUT2D eigenvalue weighted by molar-refractivity contribution is 7.10. The second-order valence-corrected chi connectivity index (χ2v) is 6.76. The summed E-state index contributed by atoms with van der Waals surface area (Å²) in [6.07, 6.45) is 1.83. The molecular formula is C16H19N5O4S. The van der Waals surface area contributed by atoms with Crippen molar-refractivity contribution in [2.45, 2.75) is 25.9 Å². The molecular weight excluding hydrogens is 358 g/mol. The van der Waals surface area contributed by atoms with Crippen LogP contribution in [-0.2, 0) is 0 Å². The van der Waals surface area contributed by atoms with E-state index in [2.05, 4.69) is 14.7 Å². The van der Waals surface area contributed by atoms with Gasteiger partial charge in [-0.15, -0.1) is 0 Å². The maximum atomic E-state index is 12.3. The lowest BCUT2D eigenvalue weighted by Crippen LogP contribution is -2.43. The lowest BCUT2D eigenvalue weighted by molar-refractivity contribution is 0.0767. The third-order valence-corrected chi connectivity index (χ3v) is 4.81. The maximum Gasteiger partial charge on any atom is 0.407 e. The summed E-state index contributed by atoms with van der Waals surface area (Å²) < 4.78 is 9.80. The lowest BCUT2D eigenvalue weighted by Gasteiger charge is -2.30. The Kier molecular flexibility index (Phi) is 5.21. The van der Waals surface area contributed by atoms with Crippen molar-refractivity contribution >= 4 is 34.2 Å². The molecule has 138 valence electrons. The number of likely N-dealkylation sites (tertiary alicyclic amines) is 1. The van der Waals surface area contributed by atoms with Gasteiger partial charge in [0, 0.05) is 12.6 Å². The Morgan fingerprint density at radius 3 is 2.88 bits per heavy atom. The number of nitrogens with zero attached hydrogens (tertiary/aromatic N) is 3. The summed E-state index contributed by atoms with van der Waals surface area (Å²) in [5, 5.41) is 12.2.